The molecule has 0 fully saturated rings. The number of hydrazine groups is 2. The van der Waals surface area contributed by atoms with Crippen LogP contribution < -0.4 is 16.8 Å². The normalized spacial score (nSPS) is 9.40. The number of benzene rings is 1. The first-order valence-electron chi connectivity index (χ1n) is 2.78. The van der Waals surface area contributed by atoms with Crippen molar-refractivity contribution in [2.75, 3.05) is 5.12 Å². The van der Waals surface area contributed by atoms with Crippen LogP contribution in [-0.4, -0.2) is 5.11 Å². The van der Waals surface area contributed by atoms with Crippen molar-refractivity contribution in [1.29, 1.82) is 0 Å². The van der Waals surface area contributed by atoms with Gasteiger partial charge in [-0.3, -0.25) is 0 Å². The highest BCUT2D eigenvalue weighted by molar-refractivity contribution is 5.45. The minimum atomic E-state index is 0.200. The van der Waals surface area contributed by atoms with E-state index in [0.29, 0.717) is 5.69 Å². The fourth-order valence-corrected chi connectivity index (χ4v) is 0.625. The first-order chi connectivity index (χ1) is 4.70. The topological polar surface area (TPSA) is 75.5 Å². The Hall–Kier alpha value is -1.26. The number of phenols is 1. The molecule has 4 heteroatoms. The third kappa shape index (κ3) is 1.37. The Labute approximate surface area is 58.6 Å². The Balaban J connectivity index is 2.89. The van der Waals surface area contributed by atoms with Gasteiger partial charge in [-0.1, -0.05) is 0 Å². The number of hydrogen-bond acceptors (Lipinski definition) is 4. The highest BCUT2D eigenvalue weighted by Crippen LogP contribution is 2.13. The van der Waals surface area contributed by atoms with E-state index in [0.717, 1.165) is 5.12 Å². The smallest absolute Gasteiger partial charge is 0.115 e. The highest BCUT2D eigenvalue weighted by atomic mass is 16.3. The zero-order valence-electron chi connectivity index (χ0n) is 5.36. The van der Waals surface area contributed by atoms with E-state index in [1.54, 1.807) is 12.1 Å². The number of phenolic OH excluding ortho intramolecular Hbond substituents is 1. The van der Waals surface area contributed by atoms with Crippen LogP contribution in [0.4, 0.5) is 5.69 Å². The summed E-state index contributed by atoms with van der Waals surface area (Å²) < 4.78 is 0. The summed E-state index contributed by atoms with van der Waals surface area (Å²) in [6.45, 7) is 0. The van der Waals surface area contributed by atoms with Gasteiger partial charge in [-0.05, 0) is 24.3 Å². The molecular weight excluding hydrogens is 130 g/mol. The summed E-state index contributed by atoms with van der Waals surface area (Å²) in [4.78, 5) is 0. The lowest BCUT2D eigenvalue weighted by Gasteiger charge is -2.09. The Morgan fingerprint density at radius 3 is 2.00 bits per heavy atom. The Kier molecular flexibility index (Phi) is 1.75. The quantitative estimate of drug-likeness (QED) is 0.376. The van der Waals surface area contributed by atoms with Gasteiger partial charge in [-0.25, -0.2) is 16.8 Å². The van der Waals surface area contributed by atoms with Gasteiger partial charge in [0, 0.05) is 0 Å². The van der Waals surface area contributed by atoms with Gasteiger partial charge in [-0.15, -0.1) is 0 Å². The lowest BCUT2D eigenvalue weighted by molar-refractivity contribution is 0.475. The van der Waals surface area contributed by atoms with Crippen molar-refractivity contribution < 1.29 is 5.11 Å². The molecule has 0 saturated heterocycles. The van der Waals surface area contributed by atoms with Crippen LogP contribution in [0.25, 0.3) is 0 Å². The second kappa shape index (κ2) is 2.55. The second-order valence-electron chi connectivity index (χ2n) is 1.92. The Morgan fingerprint density at radius 2 is 1.60 bits per heavy atom. The minimum absolute atomic E-state index is 0.200. The lowest BCUT2D eigenvalue weighted by Crippen LogP contribution is -2.37. The molecule has 5 N–H and O–H groups in total. The van der Waals surface area contributed by atoms with Crippen LogP contribution in [0.15, 0.2) is 24.3 Å². The zero-order chi connectivity index (χ0) is 7.56. The number of hydrogen-bond donors (Lipinski definition) is 3. The minimum Gasteiger partial charge on any atom is -0.508 e. The molecule has 0 saturated carbocycles. The standard InChI is InChI=1S/C6H9N3O/c7-9(8)5-1-3-6(10)4-2-5/h1-4,10H,7-8H2. The van der Waals surface area contributed by atoms with E-state index >= 15 is 0 Å². The molecule has 54 valence electrons. The second-order valence-corrected chi connectivity index (χ2v) is 1.92. The summed E-state index contributed by atoms with van der Waals surface area (Å²) in [6.07, 6.45) is 0. The van der Waals surface area contributed by atoms with E-state index in [2.05, 4.69) is 0 Å². The highest BCUT2D eigenvalue weighted by Gasteiger charge is 1.93. The average molecular weight is 139 g/mol. The molecule has 0 radical (unpaired) electrons. The summed E-state index contributed by atoms with van der Waals surface area (Å²) in [5.41, 5.74) is 0.651. The molecule has 0 heterocycles. The van der Waals surface area contributed by atoms with Crippen molar-refractivity contribution in [2.24, 2.45) is 11.7 Å². The third-order valence-electron chi connectivity index (χ3n) is 1.15. The summed E-state index contributed by atoms with van der Waals surface area (Å²) in [5, 5.41) is 9.82. The molecule has 0 aliphatic rings. The average Bonchev–Trinajstić information content (AvgIpc) is 1.88. The molecule has 0 unspecified atom stereocenters. The van der Waals surface area contributed by atoms with Gasteiger partial charge in [0.25, 0.3) is 0 Å². The lowest BCUT2D eigenvalue weighted by atomic mass is 10.3. The van der Waals surface area contributed by atoms with E-state index < -0.39 is 0 Å². The van der Waals surface area contributed by atoms with Crippen LogP contribution in [0, 0.1) is 0 Å². The number of anilines is 1. The van der Waals surface area contributed by atoms with E-state index in [1.165, 1.54) is 12.1 Å². The molecule has 0 amide bonds. The van der Waals surface area contributed by atoms with Crippen molar-refractivity contribution in [3.05, 3.63) is 24.3 Å². The summed E-state index contributed by atoms with van der Waals surface area (Å²) >= 11 is 0. The van der Waals surface area contributed by atoms with Gasteiger partial charge in [0.05, 0.1) is 5.69 Å². The molecule has 0 spiro atoms. The SMILES string of the molecule is NN(N)c1ccc(O)cc1. The first-order valence-corrected chi connectivity index (χ1v) is 2.78. The predicted octanol–water partition coefficient (Wildman–Crippen LogP) is -0.0540. The molecule has 0 aliphatic heterocycles. The van der Waals surface area contributed by atoms with E-state index in [1.807, 2.05) is 0 Å². The van der Waals surface area contributed by atoms with Gasteiger partial charge in [-0.2, -0.15) is 0 Å². The van der Waals surface area contributed by atoms with Crippen LogP contribution in [0.2, 0.25) is 0 Å². The molecule has 1 aromatic rings. The van der Waals surface area contributed by atoms with Crippen molar-refractivity contribution in [3.63, 3.8) is 0 Å². The van der Waals surface area contributed by atoms with Gasteiger partial charge in [0.15, 0.2) is 0 Å². The fourth-order valence-electron chi connectivity index (χ4n) is 0.625. The van der Waals surface area contributed by atoms with Gasteiger partial charge >= 0.3 is 0 Å². The molecule has 4 nitrogen and oxygen atoms in total. The molecule has 0 bridgehead atoms. The van der Waals surface area contributed by atoms with Crippen molar-refractivity contribution in [3.8, 4) is 5.75 Å². The molecule has 10 heavy (non-hydrogen) atoms. The molecule has 0 aliphatic carbocycles. The molecule has 0 atom stereocenters. The van der Waals surface area contributed by atoms with Crippen LogP contribution in [0.3, 0.4) is 0 Å². The maximum atomic E-state index is 8.84. The molecular formula is C6H9N3O. The fraction of sp³-hybridized carbons (Fsp3) is 0. The summed E-state index contributed by atoms with van der Waals surface area (Å²) in [6, 6.07) is 6.27. The van der Waals surface area contributed by atoms with Gasteiger partial charge < -0.3 is 5.11 Å². The van der Waals surface area contributed by atoms with E-state index in [-0.39, 0.29) is 5.75 Å². The van der Waals surface area contributed by atoms with Crippen LogP contribution in [0.1, 0.15) is 0 Å². The number of nitrogens with zero attached hydrogens (tertiary/aromatic N) is 1. The number of aromatic hydroxyl groups is 1. The number of rotatable bonds is 1. The van der Waals surface area contributed by atoms with E-state index in [9.17, 15) is 0 Å². The molecule has 1 rings (SSSR count). The predicted molar refractivity (Wildman–Crippen MR) is 39.0 cm³/mol. The number of nitrogens with two attached hydrogens (primary N) is 2. The van der Waals surface area contributed by atoms with Crippen LogP contribution >= 0.6 is 0 Å². The Bertz CT molecular complexity index is 207. The first kappa shape index (κ1) is 6.85. The summed E-state index contributed by atoms with van der Waals surface area (Å²) in [5.74, 6) is 10.6. The largest absolute Gasteiger partial charge is 0.508 e. The van der Waals surface area contributed by atoms with Gasteiger partial charge in [0.1, 0.15) is 5.75 Å². The van der Waals surface area contributed by atoms with Gasteiger partial charge in [0.2, 0.25) is 0 Å². The van der Waals surface area contributed by atoms with Crippen LogP contribution in [-0.2, 0) is 0 Å². The monoisotopic (exact) mass is 139 g/mol. The zero-order valence-corrected chi connectivity index (χ0v) is 5.36. The van der Waals surface area contributed by atoms with Crippen molar-refractivity contribution in [1.82, 2.24) is 0 Å². The van der Waals surface area contributed by atoms with Crippen molar-refractivity contribution >= 4 is 5.69 Å². The third-order valence-corrected chi connectivity index (χ3v) is 1.15. The maximum absolute atomic E-state index is 8.84. The maximum Gasteiger partial charge on any atom is 0.115 e. The molecule has 1 aromatic carbocycles. The van der Waals surface area contributed by atoms with Crippen molar-refractivity contribution in [2.45, 2.75) is 0 Å². The Morgan fingerprint density at radius 1 is 1.10 bits per heavy atom. The van der Waals surface area contributed by atoms with E-state index in [4.69, 9.17) is 16.8 Å². The summed E-state index contributed by atoms with van der Waals surface area (Å²) in [7, 11) is 0. The molecule has 0 aromatic heterocycles. The van der Waals surface area contributed by atoms with Crippen LogP contribution in [0.5, 0.6) is 5.75 Å².